The van der Waals surface area contributed by atoms with Crippen molar-refractivity contribution >= 4 is 34.1 Å². The van der Waals surface area contributed by atoms with Crippen molar-refractivity contribution in [2.24, 2.45) is 0 Å². The molecule has 1 aromatic heterocycles. The van der Waals surface area contributed by atoms with Crippen molar-refractivity contribution in [3.8, 4) is 0 Å². The first-order valence-electron chi connectivity index (χ1n) is 7.99. The first kappa shape index (κ1) is 15.1. The Morgan fingerprint density at radius 1 is 1.13 bits per heavy atom. The number of aryl methyl sites for hydroxylation is 1. The van der Waals surface area contributed by atoms with E-state index in [-0.39, 0.29) is 0 Å². The minimum atomic E-state index is 0.345. The third-order valence-corrected chi connectivity index (χ3v) is 5.26. The van der Waals surface area contributed by atoms with Gasteiger partial charge in [-0.1, -0.05) is 47.5 Å². The van der Waals surface area contributed by atoms with E-state index in [0.717, 1.165) is 30.0 Å². The Labute approximate surface area is 145 Å². The predicted molar refractivity (Wildman–Crippen MR) is 97.3 cm³/mol. The molecule has 0 bridgehead atoms. The number of nitrogens with one attached hydrogen (secondary N) is 2. The van der Waals surface area contributed by atoms with Gasteiger partial charge in [0.15, 0.2) is 0 Å². The molecule has 1 aliphatic carbocycles. The molecule has 0 amide bonds. The van der Waals surface area contributed by atoms with Gasteiger partial charge in [0.05, 0.1) is 0 Å². The maximum Gasteiger partial charge on any atom is 0.0478 e. The average Bonchev–Trinajstić information content (AvgIpc) is 2.93. The lowest BCUT2D eigenvalue weighted by molar-refractivity contribution is 0.452. The fraction of sp³-hybridized carbons (Fsp3) is 0.263. The van der Waals surface area contributed by atoms with E-state index in [1.165, 1.54) is 28.6 Å². The van der Waals surface area contributed by atoms with Crippen LogP contribution in [0.5, 0.6) is 0 Å². The highest BCUT2D eigenvalue weighted by Crippen LogP contribution is 2.35. The van der Waals surface area contributed by atoms with Crippen LogP contribution in [-0.2, 0) is 13.0 Å². The van der Waals surface area contributed by atoms with E-state index in [4.69, 9.17) is 23.2 Å². The number of aromatic nitrogens is 1. The zero-order valence-corrected chi connectivity index (χ0v) is 14.2. The van der Waals surface area contributed by atoms with E-state index in [0.29, 0.717) is 11.1 Å². The van der Waals surface area contributed by atoms with Crippen LogP contribution in [0.4, 0.5) is 0 Å². The lowest BCUT2D eigenvalue weighted by Crippen LogP contribution is -2.25. The summed E-state index contributed by atoms with van der Waals surface area (Å²) < 4.78 is 0. The molecule has 0 saturated carbocycles. The minimum absolute atomic E-state index is 0.345. The third-order valence-electron chi connectivity index (χ3n) is 4.67. The number of benzene rings is 2. The molecule has 0 spiro atoms. The van der Waals surface area contributed by atoms with E-state index >= 15 is 0 Å². The number of hydrogen-bond donors (Lipinski definition) is 2. The van der Waals surface area contributed by atoms with Gasteiger partial charge in [-0.05, 0) is 48.6 Å². The van der Waals surface area contributed by atoms with Gasteiger partial charge < -0.3 is 10.3 Å². The lowest BCUT2D eigenvalue weighted by atomic mass is 9.91. The van der Waals surface area contributed by atoms with Crippen LogP contribution in [0.2, 0.25) is 10.0 Å². The summed E-state index contributed by atoms with van der Waals surface area (Å²) >= 11 is 12.2. The Morgan fingerprint density at radius 2 is 2.00 bits per heavy atom. The number of para-hydroxylation sites is 1. The molecule has 1 unspecified atom stereocenters. The molecule has 0 radical (unpaired) electrons. The van der Waals surface area contributed by atoms with Gasteiger partial charge in [0.2, 0.25) is 0 Å². The third kappa shape index (κ3) is 2.87. The highest BCUT2D eigenvalue weighted by atomic mass is 35.5. The number of fused-ring (bicyclic) bond motifs is 3. The molecule has 0 fully saturated rings. The van der Waals surface area contributed by atoms with Crippen molar-refractivity contribution in [2.75, 3.05) is 0 Å². The molecule has 2 nitrogen and oxygen atoms in total. The molecule has 0 saturated heterocycles. The van der Waals surface area contributed by atoms with E-state index in [1.807, 2.05) is 12.1 Å². The fourth-order valence-electron chi connectivity index (χ4n) is 3.52. The second kappa shape index (κ2) is 6.20. The molecule has 4 rings (SSSR count). The SMILES string of the molecule is Clc1ccc(CNC2CCCc3c2[nH]c2ccccc32)c(Cl)c1. The molecule has 0 aliphatic heterocycles. The first-order chi connectivity index (χ1) is 11.2. The van der Waals surface area contributed by atoms with Crippen molar-refractivity contribution in [2.45, 2.75) is 31.8 Å². The summed E-state index contributed by atoms with van der Waals surface area (Å²) in [7, 11) is 0. The quantitative estimate of drug-likeness (QED) is 0.631. The summed E-state index contributed by atoms with van der Waals surface area (Å²) in [5.41, 5.74) is 5.11. The summed E-state index contributed by atoms with van der Waals surface area (Å²) in [6, 6.07) is 14.6. The monoisotopic (exact) mass is 344 g/mol. The summed E-state index contributed by atoms with van der Waals surface area (Å²) in [4.78, 5) is 3.61. The van der Waals surface area contributed by atoms with Crippen LogP contribution < -0.4 is 5.32 Å². The minimum Gasteiger partial charge on any atom is -0.357 e. The lowest BCUT2D eigenvalue weighted by Gasteiger charge is -2.24. The van der Waals surface area contributed by atoms with Crippen molar-refractivity contribution in [3.63, 3.8) is 0 Å². The van der Waals surface area contributed by atoms with Crippen molar-refractivity contribution < 1.29 is 0 Å². The van der Waals surface area contributed by atoms with E-state index in [9.17, 15) is 0 Å². The van der Waals surface area contributed by atoms with E-state index < -0.39 is 0 Å². The molecular weight excluding hydrogens is 327 g/mol. The van der Waals surface area contributed by atoms with E-state index in [1.54, 1.807) is 6.07 Å². The van der Waals surface area contributed by atoms with Crippen LogP contribution >= 0.6 is 23.2 Å². The first-order valence-corrected chi connectivity index (χ1v) is 8.75. The number of hydrogen-bond acceptors (Lipinski definition) is 1. The Kier molecular flexibility index (Phi) is 4.06. The van der Waals surface area contributed by atoms with Crippen LogP contribution in [0.15, 0.2) is 42.5 Å². The van der Waals surface area contributed by atoms with E-state index in [2.05, 4.69) is 34.6 Å². The van der Waals surface area contributed by atoms with Crippen LogP contribution in [0, 0.1) is 0 Å². The van der Waals surface area contributed by atoms with Gasteiger partial charge in [0.25, 0.3) is 0 Å². The molecule has 118 valence electrons. The molecule has 2 N–H and O–H groups in total. The van der Waals surface area contributed by atoms with Gasteiger partial charge in [0.1, 0.15) is 0 Å². The molecule has 2 aromatic carbocycles. The summed E-state index contributed by atoms with van der Waals surface area (Å²) in [6.07, 6.45) is 3.51. The van der Waals surface area contributed by atoms with Crippen molar-refractivity contribution in [3.05, 3.63) is 69.3 Å². The molecular formula is C19H18Cl2N2. The van der Waals surface area contributed by atoms with Crippen molar-refractivity contribution in [1.29, 1.82) is 0 Å². The average molecular weight is 345 g/mol. The number of aromatic amines is 1. The maximum absolute atomic E-state index is 6.28. The predicted octanol–water partition coefficient (Wildman–Crippen LogP) is 5.64. The standard InChI is InChI=1S/C19H18Cl2N2/c20-13-9-8-12(16(21)10-13)11-22-18-7-3-5-15-14-4-1-2-6-17(14)23-19(15)18/h1-2,4,6,8-10,18,22-23H,3,5,7,11H2. The molecule has 3 aromatic rings. The Hall–Kier alpha value is -1.48. The Balaban J connectivity index is 1.59. The number of halogens is 2. The Morgan fingerprint density at radius 3 is 2.87 bits per heavy atom. The van der Waals surface area contributed by atoms with Crippen LogP contribution in [0.3, 0.4) is 0 Å². The molecule has 1 aliphatic rings. The summed E-state index contributed by atoms with van der Waals surface area (Å²) in [5, 5.41) is 6.41. The van der Waals surface area contributed by atoms with Gasteiger partial charge in [-0.3, -0.25) is 0 Å². The molecule has 4 heteroatoms. The maximum atomic E-state index is 6.28. The number of H-pyrrole nitrogens is 1. The smallest absolute Gasteiger partial charge is 0.0478 e. The zero-order chi connectivity index (χ0) is 15.8. The van der Waals surface area contributed by atoms with Gasteiger partial charge in [-0.15, -0.1) is 0 Å². The van der Waals surface area contributed by atoms with Gasteiger partial charge in [-0.25, -0.2) is 0 Å². The topological polar surface area (TPSA) is 27.8 Å². The highest BCUT2D eigenvalue weighted by molar-refractivity contribution is 6.35. The van der Waals surface area contributed by atoms with Crippen LogP contribution in [0.1, 0.15) is 35.7 Å². The molecule has 23 heavy (non-hydrogen) atoms. The normalized spacial score (nSPS) is 17.4. The van der Waals surface area contributed by atoms with Gasteiger partial charge in [-0.2, -0.15) is 0 Å². The molecule has 1 heterocycles. The second-order valence-corrected chi connectivity index (χ2v) is 6.97. The fourth-order valence-corrected chi connectivity index (χ4v) is 3.99. The van der Waals surface area contributed by atoms with Gasteiger partial charge in [0, 0.05) is 39.2 Å². The van der Waals surface area contributed by atoms with Crippen molar-refractivity contribution in [1.82, 2.24) is 10.3 Å². The largest absolute Gasteiger partial charge is 0.357 e. The number of rotatable bonds is 3. The zero-order valence-electron chi connectivity index (χ0n) is 12.7. The van der Waals surface area contributed by atoms with Crippen LogP contribution in [-0.4, -0.2) is 4.98 Å². The highest BCUT2D eigenvalue weighted by Gasteiger charge is 2.23. The second-order valence-electron chi connectivity index (χ2n) is 6.12. The van der Waals surface area contributed by atoms with Gasteiger partial charge >= 0.3 is 0 Å². The van der Waals surface area contributed by atoms with Crippen LogP contribution in [0.25, 0.3) is 10.9 Å². The molecule has 1 atom stereocenters. The summed E-state index contributed by atoms with van der Waals surface area (Å²) in [5.74, 6) is 0. The summed E-state index contributed by atoms with van der Waals surface area (Å²) in [6.45, 7) is 0.746. The Bertz CT molecular complexity index is 854.